The van der Waals surface area contributed by atoms with E-state index in [1.165, 1.54) is 30.5 Å². The average molecular weight is 306 g/mol. The Morgan fingerprint density at radius 2 is 2.05 bits per heavy atom. The van der Waals surface area contributed by atoms with E-state index in [-0.39, 0.29) is 12.4 Å². The molecular formula is C17H17ClFNO. The van der Waals surface area contributed by atoms with Crippen LogP contribution in [0.15, 0.2) is 42.5 Å². The molecule has 0 aliphatic heterocycles. The quantitative estimate of drug-likeness (QED) is 0.858. The highest BCUT2D eigenvalue weighted by atomic mass is 35.5. The van der Waals surface area contributed by atoms with Gasteiger partial charge >= 0.3 is 0 Å². The first-order chi connectivity index (χ1) is 10.2. The molecule has 2 nitrogen and oxygen atoms in total. The molecule has 1 aliphatic rings. The Morgan fingerprint density at radius 1 is 1.19 bits per heavy atom. The number of rotatable bonds is 6. The van der Waals surface area contributed by atoms with E-state index in [9.17, 15) is 4.39 Å². The van der Waals surface area contributed by atoms with Gasteiger partial charge in [0, 0.05) is 23.2 Å². The summed E-state index contributed by atoms with van der Waals surface area (Å²) < 4.78 is 19.3. The molecule has 0 unspecified atom stereocenters. The Morgan fingerprint density at radius 3 is 2.86 bits per heavy atom. The minimum atomic E-state index is -0.300. The summed E-state index contributed by atoms with van der Waals surface area (Å²) in [6, 6.07) is 13.0. The third-order valence-electron chi connectivity index (χ3n) is 3.47. The standard InChI is InChI=1S/C17H17ClFNO/c18-14-4-7-17(19)13(9-14)11-21-16-3-1-2-12(8-16)10-20-15-5-6-15/h1-4,7-9,15,20H,5-6,10-11H2. The summed E-state index contributed by atoms with van der Waals surface area (Å²) in [4.78, 5) is 0. The first-order valence-electron chi connectivity index (χ1n) is 7.10. The van der Waals surface area contributed by atoms with Gasteiger partial charge in [-0.2, -0.15) is 0 Å². The van der Waals surface area contributed by atoms with Crippen LogP contribution in [-0.2, 0) is 13.2 Å². The average Bonchev–Trinajstić information content (AvgIpc) is 3.31. The largest absolute Gasteiger partial charge is 0.489 e. The van der Waals surface area contributed by atoms with E-state index >= 15 is 0 Å². The third kappa shape index (κ3) is 4.19. The lowest BCUT2D eigenvalue weighted by molar-refractivity contribution is 0.299. The van der Waals surface area contributed by atoms with E-state index < -0.39 is 0 Å². The molecule has 21 heavy (non-hydrogen) atoms. The van der Waals surface area contributed by atoms with Crippen molar-refractivity contribution in [1.82, 2.24) is 5.32 Å². The third-order valence-corrected chi connectivity index (χ3v) is 3.71. The fourth-order valence-corrected chi connectivity index (χ4v) is 2.30. The van der Waals surface area contributed by atoms with Gasteiger partial charge < -0.3 is 10.1 Å². The van der Waals surface area contributed by atoms with E-state index in [0.29, 0.717) is 16.6 Å². The monoisotopic (exact) mass is 305 g/mol. The summed E-state index contributed by atoms with van der Waals surface area (Å²) in [5.41, 5.74) is 1.63. The van der Waals surface area contributed by atoms with Gasteiger partial charge in [0.1, 0.15) is 18.2 Å². The number of hydrogen-bond donors (Lipinski definition) is 1. The van der Waals surface area contributed by atoms with Crippen molar-refractivity contribution in [2.24, 2.45) is 0 Å². The lowest BCUT2D eigenvalue weighted by atomic mass is 10.2. The second kappa shape index (κ2) is 6.46. The Balaban J connectivity index is 1.61. The van der Waals surface area contributed by atoms with Crippen molar-refractivity contribution in [2.45, 2.75) is 32.0 Å². The second-order valence-corrected chi connectivity index (χ2v) is 5.76. The molecule has 2 aromatic rings. The molecule has 0 spiro atoms. The van der Waals surface area contributed by atoms with Gasteiger partial charge in [-0.05, 0) is 48.7 Å². The van der Waals surface area contributed by atoms with Gasteiger partial charge in [0.15, 0.2) is 0 Å². The molecule has 0 radical (unpaired) electrons. The van der Waals surface area contributed by atoms with Gasteiger partial charge in [0.05, 0.1) is 0 Å². The summed E-state index contributed by atoms with van der Waals surface area (Å²) in [6.45, 7) is 1.01. The van der Waals surface area contributed by atoms with Gasteiger partial charge in [-0.15, -0.1) is 0 Å². The van der Waals surface area contributed by atoms with Crippen molar-refractivity contribution in [3.8, 4) is 5.75 Å². The molecule has 110 valence electrons. The zero-order valence-electron chi connectivity index (χ0n) is 11.6. The molecule has 1 aliphatic carbocycles. The molecular weight excluding hydrogens is 289 g/mol. The van der Waals surface area contributed by atoms with Gasteiger partial charge in [-0.3, -0.25) is 0 Å². The van der Waals surface area contributed by atoms with E-state index in [1.807, 2.05) is 18.2 Å². The van der Waals surface area contributed by atoms with Crippen molar-refractivity contribution >= 4 is 11.6 Å². The molecule has 0 heterocycles. The molecule has 2 aromatic carbocycles. The minimum absolute atomic E-state index is 0.173. The molecule has 0 aromatic heterocycles. The van der Waals surface area contributed by atoms with Crippen LogP contribution in [0.2, 0.25) is 5.02 Å². The molecule has 1 N–H and O–H groups in total. The van der Waals surface area contributed by atoms with Crippen molar-refractivity contribution in [2.75, 3.05) is 0 Å². The maximum Gasteiger partial charge on any atom is 0.129 e. The first kappa shape index (κ1) is 14.4. The summed E-state index contributed by atoms with van der Waals surface area (Å²) >= 11 is 5.87. The Labute approximate surface area is 128 Å². The summed E-state index contributed by atoms with van der Waals surface area (Å²) in [7, 11) is 0. The van der Waals surface area contributed by atoms with Crippen LogP contribution < -0.4 is 10.1 Å². The van der Waals surface area contributed by atoms with Crippen molar-refractivity contribution in [1.29, 1.82) is 0 Å². The SMILES string of the molecule is Fc1ccc(Cl)cc1COc1cccc(CNC2CC2)c1. The van der Waals surface area contributed by atoms with Crippen LogP contribution in [0.1, 0.15) is 24.0 Å². The minimum Gasteiger partial charge on any atom is -0.489 e. The molecule has 0 amide bonds. The summed E-state index contributed by atoms with van der Waals surface area (Å²) in [5.74, 6) is 0.440. The molecule has 1 saturated carbocycles. The van der Waals surface area contributed by atoms with E-state index in [4.69, 9.17) is 16.3 Å². The van der Waals surface area contributed by atoms with Crippen molar-refractivity contribution in [3.63, 3.8) is 0 Å². The zero-order valence-corrected chi connectivity index (χ0v) is 12.4. The predicted molar refractivity (Wildman–Crippen MR) is 82.0 cm³/mol. The Hall–Kier alpha value is -1.58. The maximum absolute atomic E-state index is 13.6. The predicted octanol–water partition coefficient (Wildman–Crippen LogP) is 4.31. The number of hydrogen-bond acceptors (Lipinski definition) is 2. The van der Waals surface area contributed by atoms with E-state index in [0.717, 1.165) is 12.3 Å². The van der Waals surface area contributed by atoms with E-state index in [2.05, 4.69) is 11.4 Å². The molecule has 4 heteroatoms. The fourth-order valence-electron chi connectivity index (χ4n) is 2.11. The number of ether oxygens (including phenoxy) is 1. The number of nitrogens with one attached hydrogen (secondary N) is 1. The first-order valence-corrected chi connectivity index (χ1v) is 7.47. The van der Waals surface area contributed by atoms with Crippen LogP contribution in [0.25, 0.3) is 0 Å². The van der Waals surface area contributed by atoms with Crippen LogP contribution in [0.3, 0.4) is 0 Å². The van der Waals surface area contributed by atoms with Gasteiger partial charge in [0.25, 0.3) is 0 Å². The second-order valence-electron chi connectivity index (χ2n) is 5.33. The smallest absolute Gasteiger partial charge is 0.129 e. The highest BCUT2D eigenvalue weighted by molar-refractivity contribution is 6.30. The number of halogens is 2. The molecule has 0 saturated heterocycles. The molecule has 1 fully saturated rings. The fraction of sp³-hybridized carbons (Fsp3) is 0.294. The Kier molecular flexibility index (Phi) is 4.42. The molecule has 0 atom stereocenters. The van der Waals surface area contributed by atoms with E-state index in [1.54, 1.807) is 6.07 Å². The topological polar surface area (TPSA) is 21.3 Å². The summed E-state index contributed by atoms with van der Waals surface area (Å²) in [6.07, 6.45) is 2.54. The van der Waals surface area contributed by atoms with Crippen LogP contribution >= 0.6 is 11.6 Å². The number of benzene rings is 2. The highest BCUT2D eigenvalue weighted by Crippen LogP contribution is 2.21. The maximum atomic E-state index is 13.6. The highest BCUT2D eigenvalue weighted by Gasteiger charge is 2.19. The van der Waals surface area contributed by atoms with Gasteiger partial charge in [-0.1, -0.05) is 23.7 Å². The van der Waals surface area contributed by atoms with Crippen LogP contribution in [0, 0.1) is 5.82 Å². The lowest BCUT2D eigenvalue weighted by Crippen LogP contribution is -2.15. The van der Waals surface area contributed by atoms with Crippen LogP contribution in [-0.4, -0.2) is 6.04 Å². The lowest BCUT2D eigenvalue weighted by Gasteiger charge is -2.09. The van der Waals surface area contributed by atoms with Gasteiger partial charge in [0.2, 0.25) is 0 Å². The van der Waals surface area contributed by atoms with Crippen LogP contribution in [0.5, 0.6) is 5.75 Å². The van der Waals surface area contributed by atoms with Crippen molar-refractivity contribution < 1.29 is 9.13 Å². The molecule has 0 bridgehead atoms. The molecule has 3 rings (SSSR count). The normalized spacial score (nSPS) is 14.2. The zero-order chi connectivity index (χ0) is 14.7. The van der Waals surface area contributed by atoms with Gasteiger partial charge in [-0.25, -0.2) is 4.39 Å². The van der Waals surface area contributed by atoms with Crippen molar-refractivity contribution in [3.05, 3.63) is 64.4 Å². The van der Waals surface area contributed by atoms with Crippen LogP contribution in [0.4, 0.5) is 4.39 Å². The summed E-state index contributed by atoms with van der Waals surface area (Å²) in [5, 5.41) is 3.97. The Bertz CT molecular complexity index is 628.